The Morgan fingerprint density at radius 3 is 2.62 bits per heavy atom. The summed E-state index contributed by atoms with van der Waals surface area (Å²) in [5.74, 6) is 0. The molecule has 0 aliphatic heterocycles. The van der Waals surface area contributed by atoms with Crippen molar-refractivity contribution in [3.63, 3.8) is 0 Å². The number of hydrogen-bond acceptors (Lipinski definition) is 3. The van der Waals surface area contributed by atoms with E-state index in [-0.39, 0.29) is 0 Å². The minimum Gasteiger partial charge on any atom is -0.397 e. The molecule has 2 N–H and O–H groups in total. The highest BCUT2D eigenvalue weighted by Gasteiger charge is 1.90. The van der Waals surface area contributed by atoms with E-state index in [1.165, 1.54) is 0 Å². The van der Waals surface area contributed by atoms with Crippen molar-refractivity contribution in [3.05, 3.63) is 22.0 Å². The minimum absolute atomic E-state index is 0.301. The Kier molecular flexibility index (Phi) is 2.61. The molecular weight excluding hydrogens is 108 g/mol. The third-order valence-electron chi connectivity index (χ3n) is 0.679. The van der Waals surface area contributed by atoms with Crippen molar-refractivity contribution < 1.29 is 4.92 Å². The average Bonchev–Trinajstić information content (AvgIpc) is 1.65. The van der Waals surface area contributed by atoms with Gasteiger partial charge in [0.25, 0.3) is 6.20 Å². The van der Waals surface area contributed by atoms with Crippen molar-refractivity contribution >= 4 is 0 Å². The lowest BCUT2D eigenvalue weighted by Crippen LogP contribution is -1.98. The molecule has 0 radical (unpaired) electrons. The maximum atomic E-state index is 9.62. The molecule has 0 fully saturated rings. The maximum absolute atomic E-state index is 9.62. The molecule has 8 heavy (non-hydrogen) atoms. The summed E-state index contributed by atoms with van der Waals surface area (Å²) in [5, 5.41) is 9.62. The molecule has 0 saturated heterocycles. The summed E-state index contributed by atoms with van der Waals surface area (Å²) in [4.78, 5) is 9.06. The van der Waals surface area contributed by atoms with E-state index < -0.39 is 4.92 Å². The zero-order valence-electron chi connectivity index (χ0n) is 4.63. The summed E-state index contributed by atoms with van der Waals surface area (Å²) in [6.45, 7) is 1.76. The topological polar surface area (TPSA) is 69.2 Å². The predicted octanol–water partition coefficient (Wildman–Crippen LogP) is 0.473. The molecule has 0 spiro atoms. The summed E-state index contributed by atoms with van der Waals surface area (Å²) < 4.78 is 0. The second-order valence-electron chi connectivity index (χ2n) is 1.34. The molecule has 0 rings (SSSR count). The molecule has 0 atom stereocenters. The lowest BCUT2D eigenvalue weighted by Gasteiger charge is -1.85. The lowest BCUT2D eigenvalue weighted by atomic mass is 10.4. The molecule has 0 aromatic heterocycles. The molecule has 0 amide bonds. The normalized spacial score (nSPS) is 11.4. The molecule has 0 heterocycles. The van der Waals surface area contributed by atoms with Gasteiger partial charge in [-0.2, -0.15) is 0 Å². The first-order valence-electron chi connectivity index (χ1n) is 2.26. The molecular formula is C4H8N2O2. The standard InChI is InChI=1S/C4H8N2O2/c1-2-4(5)3-6(7)8/h3H,2,5H2,1H3/b4-3+. The Morgan fingerprint density at radius 1 is 2.00 bits per heavy atom. The molecule has 0 aliphatic rings. The summed E-state index contributed by atoms with van der Waals surface area (Å²) in [7, 11) is 0. The van der Waals surface area contributed by atoms with E-state index in [4.69, 9.17) is 5.73 Å². The summed E-state index contributed by atoms with van der Waals surface area (Å²) in [6, 6.07) is 0. The van der Waals surface area contributed by atoms with E-state index in [2.05, 4.69) is 0 Å². The van der Waals surface area contributed by atoms with Gasteiger partial charge in [-0.15, -0.1) is 0 Å². The van der Waals surface area contributed by atoms with Crippen LogP contribution >= 0.6 is 0 Å². The fraction of sp³-hybridized carbons (Fsp3) is 0.500. The maximum Gasteiger partial charge on any atom is 0.252 e. The zero-order valence-corrected chi connectivity index (χ0v) is 4.63. The van der Waals surface area contributed by atoms with Gasteiger partial charge in [0.15, 0.2) is 0 Å². The molecule has 0 aliphatic carbocycles. The first-order chi connectivity index (χ1) is 3.66. The van der Waals surface area contributed by atoms with E-state index in [0.717, 1.165) is 6.20 Å². The van der Waals surface area contributed by atoms with Crippen LogP contribution in [0.1, 0.15) is 13.3 Å². The molecule has 0 unspecified atom stereocenters. The van der Waals surface area contributed by atoms with Crippen molar-refractivity contribution in [1.29, 1.82) is 0 Å². The number of allylic oxidation sites excluding steroid dienone is 1. The van der Waals surface area contributed by atoms with Gasteiger partial charge >= 0.3 is 0 Å². The fourth-order valence-electron chi connectivity index (χ4n) is 0.227. The van der Waals surface area contributed by atoms with Gasteiger partial charge in [0, 0.05) is 0 Å². The number of hydrogen-bond donors (Lipinski definition) is 1. The van der Waals surface area contributed by atoms with E-state index in [1.807, 2.05) is 0 Å². The number of nitro groups is 1. The van der Waals surface area contributed by atoms with Crippen molar-refractivity contribution in [3.8, 4) is 0 Å². The minimum atomic E-state index is -0.557. The Labute approximate surface area is 47.1 Å². The van der Waals surface area contributed by atoms with Crippen LogP contribution < -0.4 is 5.73 Å². The van der Waals surface area contributed by atoms with E-state index in [0.29, 0.717) is 12.1 Å². The van der Waals surface area contributed by atoms with E-state index in [1.54, 1.807) is 6.92 Å². The lowest BCUT2D eigenvalue weighted by molar-refractivity contribution is -0.403. The third-order valence-corrected chi connectivity index (χ3v) is 0.679. The first-order valence-corrected chi connectivity index (χ1v) is 2.26. The fourth-order valence-corrected chi connectivity index (χ4v) is 0.227. The number of nitrogens with two attached hydrogens (primary N) is 1. The van der Waals surface area contributed by atoms with Gasteiger partial charge in [0.1, 0.15) is 0 Å². The Bertz CT molecular complexity index is 119. The van der Waals surface area contributed by atoms with Gasteiger partial charge in [0.05, 0.1) is 10.6 Å². The summed E-state index contributed by atoms with van der Waals surface area (Å²) >= 11 is 0. The van der Waals surface area contributed by atoms with Crippen molar-refractivity contribution in [2.24, 2.45) is 5.73 Å². The number of nitrogens with zero attached hydrogens (tertiary/aromatic N) is 1. The van der Waals surface area contributed by atoms with E-state index >= 15 is 0 Å². The molecule has 0 aromatic carbocycles. The summed E-state index contributed by atoms with van der Waals surface area (Å²) in [6.07, 6.45) is 1.33. The SMILES string of the molecule is CC/C(N)=C\[N+](=O)[O-]. The highest BCUT2D eigenvalue weighted by molar-refractivity contribution is 4.87. The van der Waals surface area contributed by atoms with Gasteiger partial charge in [-0.1, -0.05) is 6.92 Å². The van der Waals surface area contributed by atoms with Crippen LogP contribution in [0.2, 0.25) is 0 Å². The average molecular weight is 116 g/mol. The molecule has 46 valence electrons. The van der Waals surface area contributed by atoms with Crippen LogP contribution in [0.5, 0.6) is 0 Å². The Morgan fingerprint density at radius 2 is 2.50 bits per heavy atom. The summed E-state index contributed by atoms with van der Waals surface area (Å²) in [5.41, 5.74) is 5.39. The van der Waals surface area contributed by atoms with Gasteiger partial charge < -0.3 is 5.73 Å². The number of rotatable bonds is 2. The van der Waals surface area contributed by atoms with Crippen LogP contribution in [0.15, 0.2) is 11.9 Å². The highest BCUT2D eigenvalue weighted by Crippen LogP contribution is 1.88. The Balaban J connectivity index is 3.75. The smallest absolute Gasteiger partial charge is 0.252 e. The van der Waals surface area contributed by atoms with Crippen LogP contribution in [0.25, 0.3) is 0 Å². The van der Waals surface area contributed by atoms with Gasteiger partial charge in [-0.05, 0) is 6.42 Å². The monoisotopic (exact) mass is 116 g/mol. The van der Waals surface area contributed by atoms with Crippen molar-refractivity contribution in [2.45, 2.75) is 13.3 Å². The van der Waals surface area contributed by atoms with Crippen LogP contribution in [0.4, 0.5) is 0 Å². The Hall–Kier alpha value is -1.06. The second-order valence-corrected chi connectivity index (χ2v) is 1.34. The molecule has 0 bridgehead atoms. The predicted molar refractivity (Wildman–Crippen MR) is 29.6 cm³/mol. The van der Waals surface area contributed by atoms with Gasteiger partial charge in [-0.3, -0.25) is 10.1 Å². The van der Waals surface area contributed by atoms with Crippen LogP contribution in [0.3, 0.4) is 0 Å². The molecule has 0 saturated carbocycles. The first kappa shape index (κ1) is 6.94. The quantitative estimate of drug-likeness (QED) is 0.421. The van der Waals surface area contributed by atoms with Crippen LogP contribution in [0, 0.1) is 10.1 Å². The van der Waals surface area contributed by atoms with Gasteiger partial charge in [-0.25, -0.2) is 0 Å². The zero-order chi connectivity index (χ0) is 6.57. The molecule has 4 heteroatoms. The largest absolute Gasteiger partial charge is 0.397 e. The third kappa shape index (κ3) is 3.14. The van der Waals surface area contributed by atoms with Crippen molar-refractivity contribution in [2.75, 3.05) is 0 Å². The highest BCUT2D eigenvalue weighted by atomic mass is 16.6. The van der Waals surface area contributed by atoms with Crippen LogP contribution in [-0.2, 0) is 0 Å². The molecule has 0 aromatic rings. The van der Waals surface area contributed by atoms with Crippen LogP contribution in [-0.4, -0.2) is 4.92 Å². The van der Waals surface area contributed by atoms with Gasteiger partial charge in [0.2, 0.25) is 0 Å². The van der Waals surface area contributed by atoms with Crippen molar-refractivity contribution in [1.82, 2.24) is 0 Å². The van der Waals surface area contributed by atoms with E-state index in [9.17, 15) is 10.1 Å². The molecule has 4 nitrogen and oxygen atoms in total. The second kappa shape index (κ2) is 3.01.